The van der Waals surface area contributed by atoms with Gasteiger partial charge in [-0.3, -0.25) is 4.90 Å². The van der Waals surface area contributed by atoms with Gasteiger partial charge in [0.1, 0.15) is 0 Å². The van der Waals surface area contributed by atoms with E-state index in [9.17, 15) is 0 Å². The highest BCUT2D eigenvalue weighted by Crippen LogP contribution is 2.24. The lowest BCUT2D eigenvalue weighted by Crippen LogP contribution is -2.18. The molecule has 0 saturated carbocycles. The van der Waals surface area contributed by atoms with Crippen molar-refractivity contribution in [1.29, 1.82) is 0 Å². The third-order valence-corrected chi connectivity index (χ3v) is 3.99. The van der Waals surface area contributed by atoms with Gasteiger partial charge < -0.3 is 0 Å². The van der Waals surface area contributed by atoms with E-state index in [-0.39, 0.29) is 0 Å². The summed E-state index contributed by atoms with van der Waals surface area (Å²) in [6.07, 6.45) is 2.72. The Morgan fingerprint density at radius 1 is 0.947 bits per heavy atom. The molecule has 1 fully saturated rings. The zero-order chi connectivity index (χ0) is 13.1. The lowest BCUT2D eigenvalue weighted by molar-refractivity contribution is 0.331. The lowest BCUT2D eigenvalue weighted by Gasteiger charge is -2.15. The smallest absolute Gasteiger partial charge is 0.0233 e. The van der Waals surface area contributed by atoms with Gasteiger partial charge in [-0.05, 0) is 61.2 Å². The van der Waals surface area contributed by atoms with E-state index in [4.69, 9.17) is 0 Å². The molecule has 1 heterocycles. The van der Waals surface area contributed by atoms with Crippen LogP contribution < -0.4 is 0 Å². The molecular weight excluding hydrogens is 230 g/mol. The van der Waals surface area contributed by atoms with Crippen molar-refractivity contribution in [1.82, 2.24) is 4.90 Å². The van der Waals surface area contributed by atoms with Crippen molar-refractivity contribution in [2.24, 2.45) is 0 Å². The van der Waals surface area contributed by atoms with Gasteiger partial charge in [-0.1, -0.05) is 42.5 Å². The molecule has 1 heteroatoms. The first-order chi connectivity index (χ1) is 9.33. The molecule has 1 nitrogen and oxygen atoms in total. The Balaban J connectivity index is 1.85. The molecular formula is C18H21N. The third-order valence-electron chi connectivity index (χ3n) is 3.99. The fourth-order valence-electron chi connectivity index (χ4n) is 2.93. The molecule has 2 aromatic rings. The first kappa shape index (κ1) is 12.4. The van der Waals surface area contributed by atoms with Crippen molar-refractivity contribution in [3.63, 3.8) is 0 Å². The van der Waals surface area contributed by atoms with Crippen LogP contribution in [0, 0.1) is 6.92 Å². The summed E-state index contributed by atoms with van der Waals surface area (Å²) in [6.45, 7) is 5.80. The van der Waals surface area contributed by atoms with Crippen LogP contribution in [0.2, 0.25) is 0 Å². The molecule has 3 rings (SSSR count). The van der Waals surface area contributed by atoms with Gasteiger partial charge in [0.2, 0.25) is 0 Å². The van der Waals surface area contributed by atoms with Crippen molar-refractivity contribution in [3.05, 3.63) is 59.7 Å². The summed E-state index contributed by atoms with van der Waals surface area (Å²) in [5, 5.41) is 0. The van der Waals surface area contributed by atoms with Crippen LogP contribution in [0.3, 0.4) is 0 Å². The molecule has 0 bridgehead atoms. The molecule has 0 radical (unpaired) electrons. The number of hydrogen-bond donors (Lipinski definition) is 0. The minimum absolute atomic E-state index is 1.10. The second-order valence-corrected chi connectivity index (χ2v) is 5.50. The van der Waals surface area contributed by atoms with Crippen molar-refractivity contribution in [2.75, 3.05) is 13.1 Å². The summed E-state index contributed by atoms with van der Waals surface area (Å²) >= 11 is 0. The SMILES string of the molecule is Cc1ccccc1-c1cccc(CN2CCCC2)c1. The number of benzene rings is 2. The molecule has 0 unspecified atom stereocenters. The first-order valence-corrected chi connectivity index (χ1v) is 7.20. The molecule has 1 aliphatic rings. The van der Waals surface area contributed by atoms with Gasteiger partial charge in [-0.25, -0.2) is 0 Å². The number of nitrogens with zero attached hydrogens (tertiary/aromatic N) is 1. The molecule has 1 saturated heterocycles. The highest BCUT2D eigenvalue weighted by Gasteiger charge is 2.12. The zero-order valence-electron chi connectivity index (χ0n) is 11.6. The quantitative estimate of drug-likeness (QED) is 0.788. The molecule has 0 amide bonds. The van der Waals surface area contributed by atoms with Crippen LogP contribution in [0.5, 0.6) is 0 Å². The normalized spacial score (nSPS) is 15.8. The molecule has 98 valence electrons. The maximum absolute atomic E-state index is 2.55. The van der Waals surface area contributed by atoms with Crippen molar-refractivity contribution >= 4 is 0 Å². The molecule has 0 aromatic heterocycles. The number of rotatable bonds is 3. The Labute approximate surface area is 115 Å². The fourth-order valence-corrected chi connectivity index (χ4v) is 2.93. The van der Waals surface area contributed by atoms with Crippen LogP contribution in [0.4, 0.5) is 0 Å². The van der Waals surface area contributed by atoms with Crippen molar-refractivity contribution in [3.8, 4) is 11.1 Å². The minimum Gasteiger partial charge on any atom is -0.299 e. The van der Waals surface area contributed by atoms with Crippen LogP contribution in [-0.4, -0.2) is 18.0 Å². The van der Waals surface area contributed by atoms with Crippen molar-refractivity contribution < 1.29 is 0 Å². The van der Waals surface area contributed by atoms with Gasteiger partial charge in [0, 0.05) is 6.54 Å². The largest absolute Gasteiger partial charge is 0.299 e. The highest BCUT2D eigenvalue weighted by atomic mass is 15.1. The minimum atomic E-state index is 1.10. The van der Waals surface area contributed by atoms with E-state index in [2.05, 4.69) is 60.4 Å². The first-order valence-electron chi connectivity index (χ1n) is 7.20. The molecule has 0 atom stereocenters. The van der Waals surface area contributed by atoms with E-state index in [0.29, 0.717) is 0 Å². The van der Waals surface area contributed by atoms with Crippen LogP contribution in [-0.2, 0) is 6.54 Å². The van der Waals surface area contributed by atoms with E-state index in [1.54, 1.807) is 0 Å². The van der Waals surface area contributed by atoms with Gasteiger partial charge in [0.05, 0.1) is 0 Å². The highest BCUT2D eigenvalue weighted by molar-refractivity contribution is 5.67. The number of aryl methyl sites for hydroxylation is 1. The van der Waals surface area contributed by atoms with Crippen LogP contribution in [0.1, 0.15) is 24.0 Å². The Kier molecular flexibility index (Phi) is 3.65. The average molecular weight is 251 g/mol. The number of hydrogen-bond acceptors (Lipinski definition) is 1. The van der Waals surface area contributed by atoms with Crippen molar-refractivity contribution in [2.45, 2.75) is 26.3 Å². The standard InChI is InChI=1S/C18H21N/c1-15-7-2-3-10-18(15)17-9-6-8-16(13-17)14-19-11-4-5-12-19/h2-3,6-10,13H,4-5,11-12,14H2,1H3. The Morgan fingerprint density at radius 3 is 2.53 bits per heavy atom. The second-order valence-electron chi connectivity index (χ2n) is 5.50. The summed E-state index contributed by atoms with van der Waals surface area (Å²) in [6, 6.07) is 17.6. The summed E-state index contributed by atoms with van der Waals surface area (Å²) in [5.74, 6) is 0. The van der Waals surface area contributed by atoms with Crippen LogP contribution >= 0.6 is 0 Å². The molecule has 2 aromatic carbocycles. The summed E-state index contributed by atoms with van der Waals surface area (Å²) in [5.41, 5.74) is 5.48. The maximum Gasteiger partial charge on any atom is 0.0233 e. The Morgan fingerprint density at radius 2 is 1.74 bits per heavy atom. The second kappa shape index (κ2) is 5.58. The lowest BCUT2D eigenvalue weighted by atomic mass is 9.99. The van der Waals surface area contributed by atoms with Crippen LogP contribution in [0.25, 0.3) is 11.1 Å². The maximum atomic E-state index is 2.55. The monoisotopic (exact) mass is 251 g/mol. The van der Waals surface area contributed by atoms with E-state index in [0.717, 1.165) is 6.54 Å². The van der Waals surface area contributed by atoms with E-state index in [1.807, 2.05) is 0 Å². The summed E-state index contributed by atoms with van der Waals surface area (Å²) in [4.78, 5) is 2.55. The summed E-state index contributed by atoms with van der Waals surface area (Å²) in [7, 11) is 0. The number of likely N-dealkylation sites (tertiary alicyclic amines) is 1. The average Bonchev–Trinajstić information content (AvgIpc) is 2.92. The van der Waals surface area contributed by atoms with Gasteiger partial charge in [-0.2, -0.15) is 0 Å². The van der Waals surface area contributed by atoms with Gasteiger partial charge in [0.25, 0.3) is 0 Å². The van der Waals surface area contributed by atoms with Gasteiger partial charge in [0.15, 0.2) is 0 Å². The predicted octanol–water partition coefficient (Wildman–Crippen LogP) is 4.26. The van der Waals surface area contributed by atoms with E-state index >= 15 is 0 Å². The Bertz CT molecular complexity index is 553. The summed E-state index contributed by atoms with van der Waals surface area (Å²) < 4.78 is 0. The van der Waals surface area contributed by atoms with E-state index < -0.39 is 0 Å². The zero-order valence-corrected chi connectivity index (χ0v) is 11.6. The molecule has 19 heavy (non-hydrogen) atoms. The third kappa shape index (κ3) is 2.87. The fraction of sp³-hybridized carbons (Fsp3) is 0.333. The van der Waals surface area contributed by atoms with Crippen LogP contribution in [0.15, 0.2) is 48.5 Å². The molecule has 0 spiro atoms. The molecule has 0 aliphatic carbocycles. The van der Waals surface area contributed by atoms with Gasteiger partial charge >= 0.3 is 0 Å². The topological polar surface area (TPSA) is 3.24 Å². The van der Waals surface area contributed by atoms with Gasteiger partial charge in [-0.15, -0.1) is 0 Å². The van der Waals surface area contributed by atoms with E-state index in [1.165, 1.54) is 48.2 Å². The molecule has 0 N–H and O–H groups in total. The Hall–Kier alpha value is -1.60. The predicted molar refractivity (Wildman–Crippen MR) is 81.1 cm³/mol. The molecule has 1 aliphatic heterocycles.